The van der Waals surface area contributed by atoms with Crippen LogP contribution in [0.3, 0.4) is 0 Å². The number of anilines is 1. The number of thioether (sulfide) groups is 1. The number of nitrogens with one attached hydrogen (secondary N) is 1. The third-order valence-electron chi connectivity index (χ3n) is 3.51. The van der Waals surface area contributed by atoms with Crippen molar-refractivity contribution in [1.29, 1.82) is 0 Å². The zero-order chi connectivity index (χ0) is 17.7. The Morgan fingerprint density at radius 1 is 1.25 bits per heavy atom. The van der Waals surface area contributed by atoms with Gasteiger partial charge in [-0.15, -0.1) is 11.8 Å². The van der Waals surface area contributed by atoms with Crippen LogP contribution >= 0.6 is 23.4 Å². The zero-order valence-electron chi connectivity index (χ0n) is 14.0. The van der Waals surface area contributed by atoms with Crippen LogP contribution in [0.25, 0.3) is 0 Å². The summed E-state index contributed by atoms with van der Waals surface area (Å²) in [6, 6.07) is 8.31. The van der Waals surface area contributed by atoms with Crippen LogP contribution in [0.2, 0.25) is 5.02 Å². The highest BCUT2D eigenvalue weighted by molar-refractivity contribution is 7.98. The van der Waals surface area contributed by atoms with E-state index in [1.807, 2.05) is 13.2 Å². The van der Waals surface area contributed by atoms with E-state index in [0.29, 0.717) is 16.5 Å². The largest absolute Gasteiger partial charge is 0.456 e. The molecule has 2 atom stereocenters. The number of esters is 1. The van der Waals surface area contributed by atoms with Crippen LogP contribution in [0.5, 0.6) is 0 Å². The third-order valence-corrected chi connectivity index (χ3v) is 4.63. The molecular weight excluding hydrogens is 346 g/mol. The van der Waals surface area contributed by atoms with Gasteiger partial charge in [-0.2, -0.15) is 0 Å². The van der Waals surface area contributed by atoms with E-state index in [1.165, 1.54) is 18.1 Å². The van der Waals surface area contributed by atoms with Gasteiger partial charge in [0.15, 0.2) is 0 Å². The fraction of sp³-hybridized carbons (Fsp3) is 0.353. The first-order valence-corrected chi connectivity index (χ1v) is 9.10. The Morgan fingerprint density at radius 3 is 2.50 bits per heavy atom. The van der Waals surface area contributed by atoms with Crippen LogP contribution in [0.4, 0.5) is 5.82 Å². The number of rotatable bonds is 6. The quantitative estimate of drug-likeness (QED) is 0.593. The first-order valence-electron chi connectivity index (χ1n) is 7.50. The van der Waals surface area contributed by atoms with Gasteiger partial charge in [0.1, 0.15) is 29.0 Å². The van der Waals surface area contributed by atoms with E-state index < -0.39 is 6.10 Å². The molecule has 0 aliphatic heterocycles. The summed E-state index contributed by atoms with van der Waals surface area (Å²) in [5.74, 6) is 0.135. The maximum atomic E-state index is 11.1. The minimum absolute atomic E-state index is 0.0187. The Morgan fingerprint density at radius 2 is 1.92 bits per heavy atom. The predicted octanol–water partition coefficient (Wildman–Crippen LogP) is 4.65. The van der Waals surface area contributed by atoms with Crippen LogP contribution in [-0.4, -0.2) is 22.2 Å². The molecule has 2 unspecified atom stereocenters. The first kappa shape index (κ1) is 18.5. The molecule has 0 radical (unpaired) electrons. The van der Waals surface area contributed by atoms with Gasteiger partial charge >= 0.3 is 5.97 Å². The van der Waals surface area contributed by atoms with Crippen molar-refractivity contribution in [3.63, 3.8) is 0 Å². The lowest BCUT2D eigenvalue weighted by Gasteiger charge is -2.18. The maximum absolute atomic E-state index is 11.1. The normalized spacial score (nSPS) is 13.2. The Kier molecular flexibility index (Phi) is 6.45. The number of hydrogen-bond donors (Lipinski definition) is 1. The van der Waals surface area contributed by atoms with Crippen molar-refractivity contribution in [1.82, 2.24) is 9.97 Å². The van der Waals surface area contributed by atoms with Crippen molar-refractivity contribution in [2.24, 2.45) is 0 Å². The van der Waals surface area contributed by atoms with Crippen LogP contribution < -0.4 is 5.32 Å². The van der Waals surface area contributed by atoms with Crippen LogP contribution in [0.15, 0.2) is 35.5 Å². The molecule has 1 N–H and O–H groups in total. The van der Waals surface area contributed by atoms with Crippen LogP contribution in [0.1, 0.15) is 44.2 Å². The van der Waals surface area contributed by atoms with Gasteiger partial charge in [0.2, 0.25) is 0 Å². The smallest absolute Gasteiger partial charge is 0.303 e. The lowest BCUT2D eigenvalue weighted by Crippen LogP contribution is -2.12. The molecule has 0 aliphatic carbocycles. The second-order valence-corrected chi connectivity index (χ2v) is 6.57. The predicted molar refractivity (Wildman–Crippen MR) is 97.5 cm³/mol. The minimum atomic E-state index is -0.533. The molecule has 0 amide bonds. The number of carbonyl (C=O) groups is 1. The second-order valence-electron chi connectivity index (χ2n) is 5.31. The molecule has 0 saturated heterocycles. The van der Waals surface area contributed by atoms with Crippen molar-refractivity contribution in [3.05, 3.63) is 46.9 Å². The number of benzene rings is 1. The highest BCUT2D eigenvalue weighted by atomic mass is 35.5. The fourth-order valence-corrected chi connectivity index (χ4v) is 2.97. The van der Waals surface area contributed by atoms with E-state index in [4.69, 9.17) is 16.3 Å². The third kappa shape index (κ3) is 4.61. The van der Waals surface area contributed by atoms with E-state index in [9.17, 15) is 4.79 Å². The van der Waals surface area contributed by atoms with Gasteiger partial charge in [-0.1, -0.05) is 23.7 Å². The molecule has 7 heteroatoms. The van der Waals surface area contributed by atoms with E-state index in [0.717, 1.165) is 5.56 Å². The molecule has 2 aromatic rings. The summed E-state index contributed by atoms with van der Waals surface area (Å²) in [5.41, 5.74) is 1.60. The van der Waals surface area contributed by atoms with E-state index >= 15 is 0 Å². The van der Waals surface area contributed by atoms with Gasteiger partial charge in [0.25, 0.3) is 0 Å². The van der Waals surface area contributed by atoms with Crippen molar-refractivity contribution < 1.29 is 9.53 Å². The summed E-state index contributed by atoms with van der Waals surface area (Å²) in [6.45, 7) is 5.11. The number of hydrogen-bond acceptors (Lipinski definition) is 6. The molecule has 128 valence electrons. The summed E-state index contributed by atoms with van der Waals surface area (Å²) < 4.78 is 5.14. The van der Waals surface area contributed by atoms with Gasteiger partial charge < -0.3 is 10.1 Å². The van der Waals surface area contributed by atoms with Crippen molar-refractivity contribution >= 4 is 35.1 Å². The first-order chi connectivity index (χ1) is 11.4. The second kappa shape index (κ2) is 8.35. The van der Waals surface area contributed by atoms with Crippen LogP contribution in [0, 0.1) is 0 Å². The number of aromatic nitrogens is 2. The summed E-state index contributed by atoms with van der Waals surface area (Å²) in [4.78, 5) is 20.7. The summed E-state index contributed by atoms with van der Waals surface area (Å²) in [6.07, 6.45) is 2.92. The SMILES string of the molecule is CSc1ccc(C(C)Nc2ncnc(C(C)OC(C)=O)c2Cl)cc1. The Hall–Kier alpha value is -1.79. The Balaban J connectivity index is 2.18. The van der Waals surface area contributed by atoms with Gasteiger partial charge in [-0.3, -0.25) is 4.79 Å². The molecule has 1 heterocycles. The summed E-state index contributed by atoms with van der Waals surface area (Å²) >= 11 is 8.09. The number of nitrogens with zero attached hydrogens (tertiary/aromatic N) is 2. The molecule has 0 saturated carbocycles. The minimum Gasteiger partial charge on any atom is -0.456 e. The monoisotopic (exact) mass is 365 g/mol. The molecule has 1 aromatic carbocycles. The molecule has 2 rings (SSSR count). The molecule has 0 aliphatic rings. The molecule has 1 aromatic heterocycles. The molecule has 0 bridgehead atoms. The maximum Gasteiger partial charge on any atom is 0.303 e. The topological polar surface area (TPSA) is 64.1 Å². The molecule has 0 spiro atoms. The zero-order valence-corrected chi connectivity index (χ0v) is 15.6. The van der Waals surface area contributed by atoms with Gasteiger partial charge in [0.05, 0.1) is 0 Å². The van der Waals surface area contributed by atoms with E-state index in [2.05, 4.69) is 39.6 Å². The van der Waals surface area contributed by atoms with Gasteiger partial charge in [0, 0.05) is 17.9 Å². The van der Waals surface area contributed by atoms with Crippen molar-refractivity contribution in [2.75, 3.05) is 11.6 Å². The van der Waals surface area contributed by atoms with Crippen LogP contribution in [-0.2, 0) is 9.53 Å². The fourth-order valence-electron chi connectivity index (χ4n) is 2.25. The van der Waals surface area contributed by atoms with Gasteiger partial charge in [-0.05, 0) is 37.8 Å². The average Bonchev–Trinajstić information content (AvgIpc) is 2.56. The lowest BCUT2D eigenvalue weighted by atomic mass is 10.1. The lowest BCUT2D eigenvalue weighted by molar-refractivity contribution is -0.145. The number of halogens is 1. The van der Waals surface area contributed by atoms with Crippen molar-refractivity contribution in [3.8, 4) is 0 Å². The highest BCUT2D eigenvalue weighted by Gasteiger charge is 2.19. The number of carbonyl (C=O) groups excluding carboxylic acids is 1. The summed E-state index contributed by atoms with van der Waals surface area (Å²) in [7, 11) is 0. The molecule has 5 nitrogen and oxygen atoms in total. The Bertz CT molecular complexity index is 709. The standard InChI is InChI=1S/C17H20ClN3O2S/c1-10(13-5-7-14(24-4)8-6-13)21-17-15(18)16(19-9-20-17)11(2)23-12(3)22/h5-11H,1-4H3,(H,19,20,21). The van der Waals surface area contributed by atoms with Gasteiger partial charge in [-0.25, -0.2) is 9.97 Å². The highest BCUT2D eigenvalue weighted by Crippen LogP contribution is 2.30. The molecular formula is C17H20ClN3O2S. The summed E-state index contributed by atoms with van der Waals surface area (Å²) in [5, 5.41) is 3.64. The van der Waals surface area contributed by atoms with Crippen molar-refractivity contribution in [2.45, 2.75) is 37.8 Å². The Labute approximate surface area is 151 Å². The average molecular weight is 366 g/mol. The van der Waals surface area contributed by atoms with E-state index in [-0.39, 0.29) is 12.0 Å². The van der Waals surface area contributed by atoms with E-state index in [1.54, 1.807) is 18.7 Å². The number of ether oxygens (including phenoxy) is 1. The molecule has 0 fully saturated rings. The molecule has 24 heavy (non-hydrogen) atoms.